The molecule has 58 valence electrons. The van der Waals surface area contributed by atoms with Gasteiger partial charge in [0.25, 0.3) is 0 Å². The SMILES string of the molecule is CC(C)C1CN=CN(I)C1. The minimum Gasteiger partial charge on any atom is -0.305 e. The van der Waals surface area contributed by atoms with Crippen molar-refractivity contribution in [1.29, 1.82) is 0 Å². The molecule has 0 aromatic carbocycles. The van der Waals surface area contributed by atoms with E-state index in [0.29, 0.717) is 0 Å². The molecule has 1 aliphatic rings. The Hall–Kier alpha value is 0.200. The standard InChI is InChI=1S/C7H13IN2/c1-6(2)7-3-9-5-10(8)4-7/h5-7H,3-4H2,1-2H3. The van der Waals surface area contributed by atoms with E-state index in [1.807, 2.05) is 6.34 Å². The third kappa shape index (κ3) is 2.11. The lowest BCUT2D eigenvalue weighted by molar-refractivity contribution is 0.352. The van der Waals surface area contributed by atoms with Crippen molar-refractivity contribution >= 4 is 29.2 Å². The summed E-state index contributed by atoms with van der Waals surface area (Å²) in [5.74, 6) is 1.51. The predicted molar refractivity (Wildman–Crippen MR) is 52.4 cm³/mol. The average molecular weight is 252 g/mol. The largest absolute Gasteiger partial charge is 0.305 e. The first kappa shape index (κ1) is 8.30. The molecule has 10 heavy (non-hydrogen) atoms. The summed E-state index contributed by atoms with van der Waals surface area (Å²) < 4.78 is 2.13. The molecule has 1 atom stereocenters. The first-order valence-electron chi connectivity index (χ1n) is 3.62. The van der Waals surface area contributed by atoms with E-state index in [-0.39, 0.29) is 0 Å². The van der Waals surface area contributed by atoms with E-state index >= 15 is 0 Å². The van der Waals surface area contributed by atoms with Crippen LogP contribution in [-0.4, -0.2) is 22.5 Å². The van der Waals surface area contributed by atoms with Crippen molar-refractivity contribution in [3.8, 4) is 0 Å². The summed E-state index contributed by atoms with van der Waals surface area (Å²) >= 11 is 2.29. The third-order valence-corrected chi connectivity index (χ3v) is 2.54. The lowest BCUT2D eigenvalue weighted by Gasteiger charge is -2.26. The summed E-state index contributed by atoms with van der Waals surface area (Å²) in [6.45, 7) is 6.69. The van der Waals surface area contributed by atoms with Crippen molar-refractivity contribution in [2.45, 2.75) is 13.8 Å². The second-order valence-corrected chi connectivity index (χ2v) is 4.31. The molecule has 0 spiro atoms. The zero-order valence-electron chi connectivity index (χ0n) is 6.42. The van der Waals surface area contributed by atoms with E-state index in [9.17, 15) is 0 Å². The van der Waals surface area contributed by atoms with Crippen LogP contribution in [0.3, 0.4) is 0 Å². The van der Waals surface area contributed by atoms with Crippen LogP contribution in [0.25, 0.3) is 0 Å². The molecule has 1 aliphatic heterocycles. The van der Waals surface area contributed by atoms with Crippen LogP contribution in [0.2, 0.25) is 0 Å². The normalized spacial score (nSPS) is 26.0. The monoisotopic (exact) mass is 252 g/mol. The molecule has 0 N–H and O–H groups in total. The van der Waals surface area contributed by atoms with Gasteiger partial charge in [0, 0.05) is 13.1 Å². The van der Waals surface area contributed by atoms with Crippen molar-refractivity contribution in [3.63, 3.8) is 0 Å². The van der Waals surface area contributed by atoms with E-state index in [1.165, 1.54) is 0 Å². The molecule has 0 aliphatic carbocycles. The maximum absolute atomic E-state index is 4.25. The Kier molecular flexibility index (Phi) is 2.95. The molecule has 3 heteroatoms. The highest BCUT2D eigenvalue weighted by Gasteiger charge is 2.17. The van der Waals surface area contributed by atoms with Crippen LogP contribution in [0, 0.1) is 11.8 Å². The number of hydrogen-bond acceptors (Lipinski definition) is 2. The molecule has 0 amide bonds. The maximum atomic E-state index is 4.25. The Morgan fingerprint density at radius 1 is 1.70 bits per heavy atom. The van der Waals surface area contributed by atoms with Gasteiger partial charge in [0.05, 0.1) is 29.2 Å². The molecule has 2 nitrogen and oxygen atoms in total. The van der Waals surface area contributed by atoms with Crippen LogP contribution in [0.4, 0.5) is 0 Å². The Morgan fingerprint density at radius 2 is 2.40 bits per heavy atom. The second-order valence-electron chi connectivity index (χ2n) is 3.07. The van der Waals surface area contributed by atoms with E-state index in [0.717, 1.165) is 24.9 Å². The van der Waals surface area contributed by atoms with Gasteiger partial charge in [0.1, 0.15) is 0 Å². The molecule has 1 heterocycles. The summed E-state index contributed by atoms with van der Waals surface area (Å²) in [7, 11) is 0. The smallest absolute Gasteiger partial charge is 0.0937 e. The Bertz CT molecular complexity index is 134. The maximum Gasteiger partial charge on any atom is 0.0937 e. The first-order valence-corrected chi connectivity index (χ1v) is 4.59. The van der Waals surface area contributed by atoms with Crippen LogP contribution < -0.4 is 0 Å². The zero-order valence-corrected chi connectivity index (χ0v) is 8.58. The van der Waals surface area contributed by atoms with Crippen molar-refractivity contribution in [1.82, 2.24) is 3.11 Å². The van der Waals surface area contributed by atoms with Crippen molar-refractivity contribution < 1.29 is 0 Å². The molecule has 1 rings (SSSR count). The van der Waals surface area contributed by atoms with Crippen LogP contribution in [0.15, 0.2) is 4.99 Å². The molecular formula is C7H13IN2. The molecule has 0 aromatic rings. The predicted octanol–water partition coefficient (Wildman–Crippen LogP) is 1.95. The number of rotatable bonds is 1. The van der Waals surface area contributed by atoms with E-state index in [2.05, 4.69) is 44.8 Å². The van der Waals surface area contributed by atoms with Gasteiger partial charge >= 0.3 is 0 Å². The lowest BCUT2D eigenvalue weighted by Crippen LogP contribution is -2.29. The second kappa shape index (κ2) is 3.55. The van der Waals surface area contributed by atoms with Crippen LogP contribution >= 0.6 is 22.9 Å². The van der Waals surface area contributed by atoms with Crippen LogP contribution in [0.1, 0.15) is 13.8 Å². The summed E-state index contributed by atoms with van der Waals surface area (Å²) in [6, 6.07) is 0. The highest BCUT2D eigenvalue weighted by molar-refractivity contribution is 14.1. The summed E-state index contributed by atoms with van der Waals surface area (Å²) in [6.07, 6.45) is 1.92. The molecule has 0 saturated heterocycles. The number of aliphatic imine (C=N–C) groups is 1. The Morgan fingerprint density at radius 3 is 2.80 bits per heavy atom. The summed E-state index contributed by atoms with van der Waals surface area (Å²) in [4.78, 5) is 4.25. The average Bonchev–Trinajstić information content (AvgIpc) is 1.88. The zero-order chi connectivity index (χ0) is 7.56. The Balaban J connectivity index is 2.44. The van der Waals surface area contributed by atoms with Gasteiger partial charge in [-0.25, -0.2) is 0 Å². The van der Waals surface area contributed by atoms with Gasteiger partial charge in [0.15, 0.2) is 0 Å². The van der Waals surface area contributed by atoms with Gasteiger partial charge in [-0.15, -0.1) is 0 Å². The number of hydrogen-bond donors (Lipinski definition) is 0. The number of nitrogens with zero attached hydrogens (tertiary/aromatic N) is 2. The van der Waals surface area contributed by atoms with Gasteiger partial charge in [-0.1, -0.05) is 13.8 Å². The fourth-order valence-corrected chi connectivity index (χ4v) is 1.70. The highest BCUT2D eigenvalue weighted by atomic mass is 127. The highest BCUT2D eigenvalue weighted by Crippen LogP contribution is 2.17. The number of halogens is 1. The van der Waals surface area contributed by atoms with Gasteiger partial charge in [-0.2, -0.15) is 0 Å². The van der Waals surface area contributed by atoms with Crippen molar-refractivity contribution in [2.75, 3.05) is 13.1 Å². The molecule has 0 radical (unpaired) electrons. The van der Waals surface area contributed by atoms with Crippen LogP contribution in [0.5, 0.6) is 0 Å². The summed E-state index contributed by atoms with van der Waals surface area (Å²) in [5.41, 5.74) is 0. The molecule has 0 fully saturated rings. The molecule has 1 unspecified atom stereocenters. The minimum absolute atomic E-state index is 0.752. The Labute approximate surface area is 76.2 Å². The van der Waals surface area contributed by atoms with Gasteiger partial charge < -0.3 is 3.11 Å². The minimum atomic E-state index is 0.752. The summed E-state index contributed by atoms with van der Waals surface area (Å²) in [5, 5.41) is 0. The quantitative estimate of drug-likeness (QED) is 0.514. The molecule has 0 bridgehead atoms. The van der Waals surface area contributed by atoms with Gasteiger partial charge in [-0.05, 0) is 11.8 Å². The van der Waals surface area contributed by atoms with Gasteiger partial charge in [0.2, 0.25) is 0 Å². The van der Waals surface area contributed by atoms with E-state index in [4.69, 9.17) is 0 Å². The molecule has 0 aromatic heterocycles. The first-order chi connectivity index (χ1) is 4.70. The van der Waals surface area contributed by atoms with Crippen molar-refractivity contribution in [2.24, 2.45) is 16.8 Å². The van der Waals surface area contributed by atoms with Crippen molar-refractivity contribution in [3.05, 3.63) is 0 Å². The topological polar surface area (TPSA) is 15.6 Å². The van der Waals surface area contributed by atoms with Gasteiger partial charge in [-0.3, -0.25) is 4.99 Å². The van der Waals surface area contributed by atoms with E-state index < -0.39 is 0 Å². The lowest BCUT2D eigenvalue weighted by atomic mass is 9.95. The third-order valence-electron chi connectivity index (χ3n) is 1.90. The fraction of sp³-hybridized carbons (Fsp3) is 0.857. The molecular weight excluding hydrogens is 239 g/mol. The fourth-order valence-electron chi connectivity index (χ4n) is 1.02. The van der Waals surface area contributed by atoms with E-state index in [1.54, 1.807) is 0 Å². The molecule has 0 saturated carbocycles. The van der Waals surface area contributed by atoms with Crippen LogP contribution in [-0.2, 0) is 0 Å².